The molecule has 0 radical (unpaired) electrons. The molecule has 0 spiro atoms. The van der Waals surface area contributed by atoms with E-state index in [1.165, 1.54) is 41.5 Å². The first-order valence-corrected chi connectivity index (χ1v) is 9.54. The van der Waals surface area contributed by atoms with E-state index in [9.17, 15) is 4.79 Å². The van der Waals surface area contributed by atoms with Gasteiger partial charge in [-0.1, -0.05) is 53.4 Å². The summed E-state index contributed by atoms with van der Waals surface area (Å²) in [5.74, 6) is 1.15. The molecule has 1 fully saturated rings. The predicted octanol–water partition coefficient (Wildman–Crippen LogP) is 3.16. The minimum absolute atomic E-state index is 0.0726. The summed E-state index contributed by atoms with van der Waals surface area (Å²) in [6.07, 6.45) is 2.48. The van der Waals surface area contributed by atoms with Crippen molar-refractivity contribution in [3.8, 4) is 0 Å². The van der Waals surface area contributed by atoms with E-state index in [0.29, 0.717) is 17.7 Å². The largest absolute Gasteiger partial charge is 0.356 e. The van der Waals surface area contributed by atoms with E-state index in [1.807, 2.05) is 18.2 Å². The van der Waals surface area contributed by atoms with Gasteiger partial charge in [0.1, 0.15) is 0 Å². The topological polar surface area (TPSA) is 66.9 Å². The van der Waals surface area contributed by atoms with Crippen molar-refractivity contribution in [3.63, 3.8) is 0 Å². The molecule has 1 heterocycles. The molecule has 0 bridgehead atoms. The Balaban J connectivity index is 1.41. The highest BCUT2D eigenvalue weighted by Gasteiger charge is 2.28. The van der Waals surface area contributed by atoms with Crippen LogP contribution < -0.4 is 10.6 Å². The van der Waals surface area contributed by atoms with Gasteiger partial charge in [-0.2, -0.15) is 0 Å². The van der Waals surface area contributed by atoms with Gasteiger partial charge >= 0.3 is 0 Å². The van der Waals surface area contributed by atoms with E-state index in [0.717, 1.165) is 16.0 Å². The van der Waals surface area contributed by atoms with Crippen molar-refractivity contribution in [1.29, 1.82) is 0 Å². The van der Waals surface area contributed by atoms with Crippen LogP contribution in [0.25, 0.3) is 0 Å². The summed E-state index contributed by atoms with van der Waals surface area (Å²) in [7, 11) is 0. The number of nitrogens with one attached hydrogen (secondary N) is 2. The van der Waals surface area contributed by atoms with E-state index in [2.05, 4.69) is 39.9 Å². The summed E-state index contributed by atoms with van der Waals surface area (Å²) in [6, 6.07) is 10.4. The summed E-state index contributed by atoms with van der Waals surface area (Å²) in [5, 5.41) is 15.3. The Hall–Kier alpha value is -1.60. The van der Waals surface area contributed by atoms with Crippen LogP contribution in [0, 0.1) is 5.92 Å². The van der Waals surface area contributed by atoms with Crippen molar-refractivity contribution in [3.05, 3.63) is 35.9 Å². The molecule has 122 valence electrons. The van der Waals surface area contributed by atoms with Crippen molar-refractivity contribution < 1.29 is 4.79 Å². The number of amides is 1. The summed E-state index contributed by atoms with van der Waals surface area (Å²) in [5.41, 5.74) is 1.20. The molecule has 1 aromatic carbocycles. The maximum Gasteiger partial charge on any atom is 0.230 e. The smallest absolute Gasteiger partial charge is 0.230 e. The van der Waals surface area contributed by atoms with Crippen LogP contribution in [0.4, 0.5) is 5.13 Å². The van der Waals surface area contributed by atoms with Crippen LogP contribution in [-0.2, 0) is 11.3 Å². The van der Waals surface area contributed by atoms with Crippen LogP contribution in [-0.4, -0.2) is 27.9 Å². The van der Waals surface area contributed by atoms with Gasteiger partial charge < -0.3 is 10.6 Å². The second kappa shape index (κ2) is 7.79. The molecule has 0 unspecified atom stereocenters. The van der Waals surface area contributed by atoms with E-state index in [4.69, 9.17) is 0 Å². The number of thioether (sulfide) groups is 1. The average Bonchev–Trinajstić information content (AvgIpc) is 3.32. The molecule has 3 rings (SSSR count). The summed E-state index contributed by atoms with van der Waals surface area (Å²) >= 11 is 2.92. The SMILES string of the molecule is C[C@@H](NC(=O)CSc1nnc(NCc2ccccc2)s1)C1CC1. The number of rotatable bonds is 8. The molecule has 1 aromatic heterocycles. The zero-order valence-corrected chi connectivity index (χ0v) is 14.6. The van der Waals surface area contributed by atoms with E-state index < -0.39 is 0 Å². The molecular weight excluding hydrogens is 328 g/mol. The first kappa shape index (κ1) is 16.3. The van der Waals surface area contributed by atoms with Crippen molar-refractivity contribution in [2.45, 2.75) is 36.7 Å². The van der Waals surface area contributed by atoms with Crippen molar-refractivity contribution >= 4 is 34.1 Å². The Morgan fingerprint density at radius 2 is 2.13 bits per heavy atom. The van der Waals surface area contributed by atoms with Crippen molar-refractivity contribution in [2.24, 2.45) is 5.92 Å². The third-order valence-corrected chi connectivity index (χ3v) is 5.75. The quantitative estimate of drug-likeness (QED) is 0.717. The zero-order valence-electron chi connectivity index (χ0n) is 13.0. The Morgan fingerprint density at radius 3 is 2.87 bits per heavy atom. The number of benzene rings is 1. The Kier molecular flexibility index (Phi) is 5.51. The molecule has 1 amide bonds. The van der Waals surface area contributed by atoms with E-state index in [-0.39, 0.29) is 5.91 Å². The number of carbonyl (C=O) groups is 1. The van der Waals surface area contributed by atoms with Gasteiger partial charge in [0.15, 0.2) is 4.34 Å². The number of hydrogen-bond acceptors (Lipinski definition) is 6. The fourth-order valence-electron chi connectivity index (χ4n) is 2.25. The Labute approximate surface area is 144 Å². The second-order valence-corrected chi connectivity index (χ2v) is 7.89. The average molecular weight is 348 g/mol. The number of anilines is 1. The number of hydrogen-bond donors (Lipinski definition) is 2. The first-order valence-electron chi connectivity index (χ1n) is 7.74. The molecule has 1 aliphatic rings. The second-order valence-electron chi connectivity index (χ2n) is 5.69. The molecular formula is C16H20N4OS2. The molecule has 7 heteroatoms. The minimum atomic E-state index is 0.0726. The van der Waals surface area contributed by atoms with Gasteiger partial charge in [0, 0.05) is 12.6 Å². The number of nitrogens with zero attached hydrogens (tertiary/aromatic N) is 2. The summed E-state index contributed by atoms with van der Waals surface area (Å²) in [4.78, 5) is 11.9. The fraction of sp³-hybridized carbons (Fsp3) is 0.438. The zero-order chi connectivity index (χ0) is 16.1. The highest BCUT2D eigenvalue weighted by atomic mass is 32.2. The van der Waals surface area contributed by atoms with Gasteiger partial charge in [0.2, 0.25) is 11.0 Å². The maximum absolute atomic E-state index is 11.9. The Bertz CT molecular complexity index is 643. The summed E-state index contributed by atoms with van der Waals surface area (Å²) < 4.78 is 0.815. The maximum atomic E-state index is 11.9. The standard InChI is InChI=1S/C16H20N4OS2/c1-11(13-7-8-13)18-14(21)10-22-16-20-19-15(23-16)17-9-12-5-3-2-4-6-12/h2-6,11,13H,7-10H2,1H3,(H,17,19)(H,18,21)/t11-/m1/s1. The predicted molar refractivity (Wildman–Crippen MR) is 94.7 cm³/mol. The first-order chi connectivity index (χ1) is 11.2. The monoisotopic (exact) mass is 348 g/mol. The molecule has 2 aromatic rings. The van der Waals surface area contributed by atoms with Gasteiger partial charge in [-0.3, -0.25) is 4.79 Å². The Morgan fingerprint density at radius 1 is 1.35 bits per heavy atom. The van der Waals surface area contributed by atoms with Gasteiger partial charge in [0.25, 0.3) is 0 Å². The van der Waals surface area contributed by atoms with Gasteiger partial charge in [-0.15, -0.1) is 10.2 Å². The molecule has 0 saturated heterocycles. The van der Waals surface area contributed by atoms with Crippen molar-refractivity contribution in [2.75, 3.05) is 11.1 Å². The fourth-order valence-corrected chi connectivity index (χ4v) is 3.81. The normalized spacial score (nSPS) is 15.2. The van der Waals surface area contributed by atoms with Crippen LogP contribution in [0.1, 0.15) is 25.3 Å². The van der Waals surface area contributed by atoms with Gasteiger partial charge in [-0.25, -0.2) is 0 Å². The molecule has 0 aliphatic heterocycles. The highest BCUT2D eigenvalue weighted by Crippen LogP contribution is 2.32. The number of aromatic nitrogens is 2. The van der Waals surface area contributed by atoms with E-state index in [1.54, 1.807) is 0 Å². The molecule has 1 saturated carbocycles. The minimum Gasteiger partial charge on any atom is -0.356 e. The number of carbonyl (C=O) groups excluding carboxylic acids is 1. The van der Waals surface area contributed by atoms with Gasteiger partial charge in [0.05, 0.1) is 5.75 Å². The van der Waals surface area contributed by atoms with Gasteiger partial charge in [-0.05, 0) is 31.2 Å². The molecule has 1 atom stereocenters. The lowest BCUT2D eigenvalue weighted by Gasteiger charge is -2.11. The molecule has 2 N–H and O–H groups in total. The lowest BCUT2D eigenvalue weighted by atomic mass is 10.2. The van der Waals surface area contributed by atoms with Crippen LogP contribution in [0.2, 0.25) is 0 Å². The van der Waals surface area contributed by atoms with Crippen molar-refractivity contribution in [1.82, 2.24) is 15.5 Å². The lowest BCUT2D eigenvalue weighted by Crippen LogP contribution is -2.35. The van der Waals surface area contributed by atoms with Crippen LogP contribution in [0.15, 0.2) is 34.7 Å². The third-order valence-electron chi connectivity index (χ3n) is 3.74. The van der Waals surface area contributed by atoms with Crippen LogP contribution in [0.3, 0.4) is 0 Å². The highest BCUT2D eigenvalue weighted by molar-refractivity contribution is 8.01. The summed E-state index contributed by atoms with van der Waals surface area (Å²) in [6.45, 7) is 2.80. The molecule has 1 aliphatic carbocycles. The molecule has 23 heavy (non-hydrogen) atoms. The third kappa shape index (κ3) is 5.21. The van der Waals surface area contributed by atoms with Crippen LogP contribution >= 0.6 is 23.1 Å². The lowest BCUT2D eigenvalue weighted by molar-refractivity contribution is -0.119. The molecule has 5 nitrogen and oxygen atoms in total. The van der Waals surface area contributed by atoms with E-state index >= 15 is 0 Å². The van der Waals surface area contributed by atoms with Crippen LogP contribution in [0.5, 0.6) is 0 Å².